The van der Waals surface area contributed by atoms with Gasteiger partial charge in [-0.1, -0.05) is 0 Å². The Bertz CT molecular complexity index is 662. The lowest BCUT2D eigenvalue weighted by Gasteiger charge is -2.12. The minimum Gasteiger partial charge on any atom is -0.394 e. The van der Waals surface area contributed by atoms with E-state index >= 15 is 0 Å². The fourth-order valence-corrected chi connectivity index (χ4v) is 3.90. The van der Waals surface area contributed by atoms with Gasteiger partial charge in [-0.2, -0.15) is 5.10 Å². The average molecular weight is 306 g/mol. The summed E-state index contributed by atoms with van der Waals surface area (Å²) in [6.07, 6.45) is 4.64. The van der Waals surface area contributed by atoms with Crippen LogP contribution in [0.4, 0.5) is 0 Å². The summed E-state index contributed by atoms with van der Waals surface area (Å²) in [6, 6.07) is 0. The molecule has 3 rings (SSSR count). The van der Waals surface area contributed by atoms with Crippen molar-refractivity contribution < 1.29 is 9.90 Å². The van der Waals surface area contributed by atoms with Crippen molar-refractivity contribution in [3.63, 3.8) is 0 Å². The molecule has 0 bridgehead atoms. The van der Waals surface area contributed by atoms with E-state index < -0.39 is 5.91 Å². The van der Waals surface area contributed by atoms with Crippen LogP contribution in [0.2, 0.25) is 0 Å². The van der Waals surface area contributed by atoms with Gasteiger partial charge in [-0.15, -0.1) is 11.3 Å². The van der Waals surface area contributed by atoms with Crippen molar-refractivity contribution in [2.45, 2.75) is 38.6 Å². The Hall–Kier alpha value is -1.73. The number of hydrogen-bond acceptors (Lipinski definition) is 5. The molecule has 6 nitrogen and oxygen atoms in total. The highest BCUT2D eigenvalue weighted by Gasteiger charge is 2.21. The van der Waals surface area contributed by atoms with Gasteiger partial charge in [0.25, 0.3) is 0 Å². The first kappa shape index (κ1) is 14.2. The Morgan fingerprint density at radius 2 is 2.24 bits per heavy atom. The summed E-state index contributed by atoms with van der Waals surface area (Å²) in [5.41, 5.74) is 7.96. The molecule has 2 heterocycles. The van der Waals surface area contributed by atoms with Crippen molar-refractivity contribution in [3.05, 3.63) is 22.3 Å². The predicted molar refractivity (Wildman–Crippen MR) is 80.0 cm³/mol. The summed E-state index contributed by atoms with van der Waals surface area (Å²) in [6.45, 7) is 0.355. The van der Waals surface area contributed by atoms with Gasteiger partial charge < -0.3 is 10.8 Å². The number of aliphatic hydroxyl groups excluding tert-OH is 1. The summed E-state index contributed by atoms with van der Waals surface area (Å²) in [7, 11) is 0. The number of aryl methyl sites for hydroxylation is 1. The standard InChI is InChI=1S/C14H18N4O2S/c15-11(20)7-12-16-14(18(17-12)5-6-19)13-10-4-2-1-3-9(10)8-21-13/h8,19H,1-7H2,(H2,15,20). The molecule has 7 heteroatoms. The first-order chi connectivity index (χ1) is 10.2. The predicted octanol–water partition coefficient (Wildman–Crippen LogP) is 0.905. The maximum absolute atomic E-state index is 11.1. The van der Waals surface area contributed by atoms with Gasteiger partial charge in [-0.3, -0.25) is 4.79 Å². The first-order valence-electron chi connectivity index (χ1n) is 7.11. The molecular formula is C14H18N4O2S. The van der Waals surface area contributed by atoms with Crippen LogP contribution in [0.15, 0.2) is 5.38 Å². The lowest BCUT2D eigenvalue weighted by atomic mass is 9.94. The van der Waals surface area contributed by atoms with Gasteiger partial charge in [0.05, 0.1) is 24.4 Å². The lowest BCUT2D eigenvalue weighted by Crippen LogP contribution is -2.15. The van der Waals surface area contributed by atoms with Crippen molar-refractivity contribution >= 4 is 17.2 Å². The smallest absolute Gasteiger partial charge is 0.225 e. The van der Waals surface area contributed by atoms with Gasteiger partial charge in [0, 0.05) is 0 Å². The zero-order chi connectivity index (χ0) is 14.8. The Kier molecular flexibility index (Phi) is 4.03. The number of amides is 1. The molecule has 1 aliphatic carbocycles. The van der Waals surface area contributed by atoms with Gasteiger partial charge >= 0.3 is 0 Å². The summed E-state index contributed by atoms with van der Waals surface area (Å²) in [5.74, 6) is 0.716. The molecule has 0 saturated heterocycles. The van der Waals surface area contributed by atoms with Crippen molar-refractivity contribution in [2.75, 3.05) is 6.61 Å². The maximum Gasteiger partial charge on any atom is 0.225 e. The SMILES string of the molecule is NC(=O)Cc1nc(-c2scc3c2CCCC3)n(CCO)n1. The van der Waals surface area contributed by atoms with Crippen LogP contribution in [0, 0.1) is 0 Å². The number of primary amides is 1. The normalized spacial score (nSPS) is 14.1. The monoisotopic (exact) mass is 306 g/mol. The second-order valence-corrected chi connectivity index (χ2v) is 6.10. The van der Waals surface area contributed by atoms with Crippen molar-refractivity contribution in [1.82, 2.24) is 14.8 Å². The highest BCUT2D eigenvalue weighted by atomic mass is 32.1. The number of aromatic nitrogens is 3. The van der Waals surface area contributed by atoms with Gasteiger partial charge in [-0.25, -0.2) is 9.67 Å². The van der Waals surface area contributed by atoms with E-state index in [0.29, 0.717) is 12.4 Å². The maximum atomic E-state index is 11.1. The van der Waals surface area contributed by atoms with Crippen molar-refractivity contribution in [1.29, 1.82) is 0 Å². The summed E-state index contributed by atoms with van der Waals surface area (Å²) in [4.78, 5) is 16.6. The van der Waals surface area contributed by atoms with Crippen LogP contribution < -0.4 is 5.73 Å². The molecule has 0 atom stereocenters. The molecule has 0 radical (unpaired) electrons. The fraction of sp³-hybridized carbons (Fsp3) is 0.500. The Morgan fingerprint density at radius 3 is 3.00 bits per heavy atom. The molecule has 1 aliphatic rings. The molecule has 1 amide bonds. The summed E-state index contributed by atoms with van der Waals surface area (Å²) in [5, 5.41) is 15.7. The van der Waals surface area contributed by atoms with Crippen LogP contribution in [0.25, 0.3) is 10.7 Å². The number of thiophene rings is 1. The summed E-state index contributed by atoms with van der Waals surface area (Å²) < 4.78 is 1.68. The number of nitrogens with zero attached hydrogens (tertiary/aromatic N) is 3. The molecule has 0 spiro atoms. The van der Waals surface area contributed by atoms with Crippen molar-refractivity contribution in [2.24, 2.45) is 5.73 Å². The van der Waals surface area contributed by atoms with E-state index in [-0.39, 0.29) is 13.0 Å². The van der Waals surface area contributed by atoms with Crippen LogP contribution in [0.3, 0.4) is 0 Å². The molecular weight excluding hydrogens is 288 g/mol. The number of aliphatic hydroxyl groups is 1. The lowest BCUT2D eigenvalue weighted by molar-refractivity contribution is -0.117. The van der Waals surface area contributed by atoms with Crippen LogP contribution in [-0.2, 0) is 30.6 Å². The molecule has 0 aromatic carbocycles. The minimum atomic E-state index is -0.448. The Balaban J connectivity index is 2.01. The van der Waals surface area contributed by atoms with Gasteiger partial charge in [0.2, 0.25) is 5.91 Å². The van der Waals surface area contributed by atoms with Crippen LogP contribution in [0.5, 0.6) is 0 Å². The average Bonchev–Trinajstić information content (AvgIpc) is 3.02. The topological polar surface area (TPSA) is 94.0 Å². The second kappa shape index (κ2) is 5.95. The van der Waals surface area contributed by atoms with Gasteiger partial charge in [0.15, 0.2) is 11.6 Å². The third-order valence-corrected chi connectivity index (χ3v) is 4.73. The number of fused-ring (bicyclic) bond motifs is 1. The molecule has 0 fully saturated rings. The fourth-order valence-electron chi connectivity index (χ4n) is 2.75. The largest absolute Gasteiger partial charge is 0.394 e. The highest BCUT2D eigenvalue weighted by molar-refractivity contribution is 7.13. The van der Waals surface area contributed by atoms with Crippen LogP contribution in [0.1, 0.15) is 29.8 Å². The molecule has 0 unspecified atom stereocenters. The van der Waals surface area contributed by atoms with E-state index in [1.54, 1.807) is 16.0 Å². The summed E-state index contributed by atoms with van der Waals surface area (Å²) >= 11 is 1.67. The second-order valence-electron chi connectivity index (χ2n) is 5.22. The first-order valence-corrected chi connectivity index (χ1v) is 7.99. The van der Waals surface area contributed by atoms with E-state index in [1.807, 2.05) is 0 Å². The quantitative estimate of drug-likeness (QED) is 0.858. The third kappa shape index (κ3) is 2.84. The third-order valence-electron chi connectivity index (χ3n) is 3.67. The van der Waals surface area contributed by atoms with E-state index in [9.17, 15) is 9.90 Å². The highest BCUT2D eigenvalue weighted by Crippen LogP contribution is 2.36. The molecule has 3 N–H and O–H groups in total. The number of nitrogens with two attached hydrogens (primary N) is 1. The Morgan fingerprint density at radius 1 is 1.43 bits per heavy atom. The van der Waals surface area contributed by atoms with E-state index in [2.05, 4.69) is 15.5 Å². The zero-order valence-corrected chi connectivity index (χ0v) is 12.5. The van der Waals surface area contributed by atoms with E-state index in [1.165, 1.54) is 24.0 Å². The Labute approximate surface area is 126 Å². The number of hydrogen-bond donors (Lipinski definition) is 2. The number of carbonyl (C=O) groups is 1. The van der Waals surface area contributed by atoms with E-state index in [4.69, 9.17) is 5.73 Å². The minimum absolute atomic E-state index is 0.0140. The zero-order valence-electron chi connectivity index (χ0n) is 11.7. The van der Waals surface area contributed by atoms with Crippen LogP contribution in [-0.4, -0.2) is 32.4 Å². The molecule has 112 valence electrons. The van der Waals surface area contributed by atoms with Crippen molar-refractivity contribution in [3.8, 4) is 10.7 Å². The van der Waals surface area contributed by atoms with E-state index in [0.717, 1.165) is 23.5 Å². The molecule has 2 aromatic heterocycles. The molecule has 21 heavy (non-hydrogen) atoms. The van der Waals surface area contributed by atoms with Gasteiger partial charge in [0.1, 0.15) is 0 Å². The number of carbonyl (C=O) groups excluding carboxylic acids is 1. The molecule has 2 aromatic rings. The van der Waals surface area contributed by atoms with Gasteiger partial charge in [-0.05, 0) is 42.2 Å². The number of rotatable bonds is 5. The van der Waals surface area contributed by atoms with Crippen LogP contribution >= 0.6 is 11.3 Å². The molecule has 0 aliphatic heterocycles. The molecule has 0 saturated carbocycles.